The SMILES string of the molecule is Cc1cc(OC2CCN(C3CC(CC#N)(n4cc(C5N=CN=C6NC=CC65)cn4)C3)CC2)nc(C(F)(F)F)c1. The van der Waals surface area contributed by atoms with Gasteiger partial charge in [0, 0.05) is 37.0 Å². The van der Waals surface area contributed by atoms with Gasteiger partial charge < -0.3 is 10.1 Å². The molecular formula is C27H29F3N8O. The molecule has 1 saturated heterocycles. The van der Waals surface area contributed by atoms with Crippen LogP contribution in [0.4, 0.5) is 13.2 Å². The van der Waals surface area contributed by atoms with Gasteiger partial charge in [0.2, 0.25) is 5.88 Å². The number of nitrogens with one attached hydrogen (secondary N) is 1. The number of hydrogen-bond donors (Lipinski definition) is 1. The molecule has 0 bridgehead atoms. The lowest BCUT2D eigenvalue weighted by Crippen LogP contribution is -2.58. The quantitative estimate of drug-likeness (QED) is 0.593. The van der Waals surface area contributed by atoms with Gasteiger partial charge in [0.05, 0.1) is 36.2 Å². The van der Waals surface area contributed by atoms with Gasteiger partial charge in [0.15, 0.2) is 0 Å². The van der Waals surface area contributed by atoms with Crippen LogP contribution in [0.25, 0.3) is 0 Å². The lowest BCUT2D eigenvalue weighted by atomic mass is 9.69. The lowest BCUT2D eigenvalue weighted by molar-refractivity contribution is -0.141. The highest BCUT2D eigenvalue weighted by Crippen LogP contribution is 2.46. The van der Waals surface area contributed by atoms with E-state index in [9.17, 15) is 18.4 Å². The van der Waals surface area contributed by atoms with Crippen LogP contribution in [-0.2, 0) is 11.7 Å². The minimum atomic E-state index is -4.51. The number of nitrogens with zero attached hydrogens (tertiary/aromatic N) is 7. The molecule has 9 nitrogen and oxygen atoms in total. The topological polar surface area (TPSA) is 104 Å². The highest BCUT2D eigenvalue weighted by Gasteiger charge is 2.49. The number of pyridine rings is 1. The number of likely N-dealkylation sites (tertiary alicyclic amines) is 1. The maximum absolute atomic E-state index is 13.1. The molecule has 5 heterocycles. The molecule has 204 valence electrons. The standard InChI is InChI=1S/C27H29F3N8O/c1-17-10-22(27(28,29)30)36-23(11-17)39-20-3-8-37(9-4-20)19-12-26(13-19,5-6-31)38-15-18(14-35-38)24-21-2-7-32-25(21)34-16-33-24/h2,7,10-11,14-16,19-21,24H,3-5,8-9,12-13H2,1H3,(H,32,33,34). The van der Waals surface area contributed by atoms with Gasteiger partial charge in [0.1, 0.15) is 24.0 Å². The molecule has 1 N–H and O–H groups in total. The molecule has 2 atom stereocenters. The number of halogens is 3. The molecule has 2 aromatic heterocycles. The van der Waals surface area contributed by atoms with Crippen molar-refractivity contribution in [1.29, 1.82) is 5.26 Å². The molecule has 0 radical (unpaired) electrons. The number of aromatic nitrogens is 3. The predicted octanol–water partition coefficient (Wildman–Crippen LogP) is 4.13. The fraction of sp³-hybridized carbons (Fsp3) is 0.519. The molecule has 39 heavy (non-hydrogen) atoms. The van der Waals surface area contributed by atoms with Gasteiger partial charge in [-0.3, -0.25) is 14.6 Å². The van der Waals surface area contributed by atoms with E-state index < -0.39 is 11.9 Å². The molecule has 0 amide bonds. The van der Waals surface area contributed by atoms with E-state index in [2.05, 4.69) is 42.4 Å². The molecule has 0 aromatic carbocycles. The first-order chi connectivity index (χ1) is 18.7. The highest BCUT2D eigenvalue weighted by molar-refractivity contribution is 5.96. The van der Waals surface area contributed by atoms with Gasteiger partial charge >= 0.3 is 6.18 Å². The average molecular weight is 539 g/mol. The van der Waals surface area contributed by atoms with Crippen molar-refractivity contribution in [3.63, 3.8) is 0 Å². The maximum atomic E-state index is 13.1. The monoisotopic (exact) mass is 538 g/mol. The second kappa shape index (κ2) is 9.79. The number of amidine groups is 1. The van der Waals surface area contributed by atoms with Gasteiger partial charge in [-0.1, -0.05) is 6.08 Å². The summed E-state index contributed by atoms with van der Waals surface area (Å²) in [5.41, 5.74) is 0.174. The van der Waals surface area contributed by atoms with Crippen molar-refractivity contribution < 1.29 is 17.9 Å². The molecular weight excluding hydrogens is 509 g/mol. The first-order valence-electron chi connectivity index (χ1n) is 13.2. The van der Waals surface area contributed by atoms with Crippen molar-refractivity contribution in [2.24, 2.45) is 15.9 Å². The average Bonchev–Trinajstić information content (AvgIpc) is 3.56. The van der Waals surface area contributed by atoms with Crippen LogP contribution in [0.1, 0.15) is 55.0 Å². The summed E-state index contributed by atoms with van der Waals surface area (Å²) in [6.07, 6.45) is 8.10. The Kier molecular flexibility index (Phi) is 6.41. The normalized spacial score (nSPS) is 28.8. The zero-order valence-corrected chi connectivity index (χ0v) is 21.5. The van der Waals surface area contributed by atoms with E-state index in [4.69, 9.17) is 4.74 Å². The Morgan fingerprint density at radius 3 is 2.77 bits per heavy atom. The predicted molar refractivity (Wildman–Crippen MR) is 137 cm³/mol. The van der Waals surface area contributed by atoms with E-state index in [1.165, 1.54) is 0 Å². The largest absolute Gasteiger partial charge is 0.474 e. The first-order valence-corrected chi connectivity index (χ1v) is 13.2. The Morgan fingerprint density at radius 2 is 2.03 bits per heavy atom. The van der Waals surface area contributed by atoms with Crippen LogP contribution in [0.2, 0.25) is 0 Å². The zero-order valence-electron chi connectivity index (χ0n) is 21.5. The van der Waals surface area contributed by atoms with Gasteiger partial charge in [-0.25, -0.2) is 9.98 Å². The van der Waals surface area contributed by atoms with Crippen LogP contribution >= 0.6 is 0 Å². The Balaban J connectivity index is 1.07. The van der Waals surface area contributed by atoms with E-state index in [0.29, 0.717) is 30.9 Å². The van der Waals surface area contributed by atoms with Crippen LogP contribution in [0.5, 0.6) is 5.88 Å². The molecule has 4 aliphatic rings. The van der Waals surface area contributed by atoms with E-state index in [1.807, 2.05) is 23.3 Å². The Hall–Kier alpha value is -3.72. The van der Waals surface area contributed by atoms with Crippen LogP contribution in [0, 0.1) is 24.2 Å². The van der Waals surface area contributed by atoms with E-state index in [-0.39, 0.29) is 29.5 Å². The van der Waals surface area contributed by atoms with Crippen molar-refractivity contribution in [3.05, 3.63) is 53.6 Å². The number of fused-ring (bicyclic) bond motifs is 1. The fourth-order valence-corrected chi connectivity index (χ4v) is 6.11. The van der Waals surface area contributed by atoms with E-state index in [0.717, 1.165) is 43.4 Å². The number of hydrogen-bond acceptors (Lipinski definition) is 8. The molecule has 3 aliphatic heterocycles. The summed E-state index contributed by atoms with van der Waals surface area (Å²) in [7, 11) is 0. The zero-order chi connectivity index (χ0) is 27.2. The van der Waals surface area contributed by atoms with Gasteiger partial charge in [-0.05, 0) is 50.4 Å². The van der Waals surface area contributed by atoms with Crippen molar-refractivity contribution in [2.75, 3.05) is 13.1 Å². The number of alkyl halides is 3. The second-order valence-corrected chi connectivity index (χ2v) is 10.8. The van der Waals surface area contributed by atoms with Gasteiger partial charge in [-0.2, -0.15) is 23.5 Å². The molecule has 2 unspecified atom stereocenters. The Labute approximate surface area is 224 Å². The fourth-order valence-electron chi connectivity index (χ4n) is 6.11. The van der Waals surface area contributed by atoms with Crippen LogP contribution < -0.4 is 10.1 Å². The third-order valence-electron chi connectivity index (χ3n) is 8.20. The van der Waals surface area contributed by atoms with Crippen LogP contribution in [-0.4, -0.2) is 57.1 Å². The minimum Gasteiger partial charge on any atom is -0.474 e. The summed E-state index contributed by atoms with van der Waals surface area (Å²) < 4.78 is 47.2. The van der Waals surface area contributed by atoms with Crippen molar-refractivity contribution in [1.82, 2.24) is 25.0 Å². The number of nitriles is 1. The Bertz CT molecular complexity index is 1360. The summed E-state index contributed by atoms with van der Waals surface area (Å²) in [6, 6.07) is 5.15. The molecule has 1 aliphatic carbocycles. The molecule has 6 rings (SSSR count). The summed E-state index contributed by atoms with van der Waals surface area (Å²) in [5, 5.41) is 17.4. The van der Waals surface area contributed by atoms with Crippen LogP contribution in [0.15, 0.2) is 46.8 Å². The van der Waals surface area contributed by atoms with Crippen molar-refractivity contribution in [3.8, 4) is 11.9 Å². The highest BCUT2D eigenvalue weighted by atomic mass is 19.4. The third kappa shape index (κ3) is 4.91. The summed E-state index contributed by atoms with van der Waals surface area (Å²) in [5.74, 6) is 0.966. The van der Waals surface area contributed by atoms with Crippen molar-refractivity contribution in [2.45, 2.75) is 68.9 Å². The van der Waals surface area contributed by atoms with E-state index >= 15 is 0 Å². The number of piperidine rings is 1. The lowest BCUT2D eigenvalue weighted by Gasteiger charge is -2.52. The molecule has 1 saturated carbocycles. The molecule has 2 fully saturated rings. The summed E-state index contributed by atoms with van der Waals surface area (Å²) in [4.78, 5) is 15.0. The first kappa shape index (κ1) is 25.6. The van der Waals surface area contributed by atoms with E-state index in [1.54, 1.807) is 19.3 Å². The summed E-state index contributed by atoms with van der Waals surface area (Å²) in [6.45, 7) is 3.16. The number of rotatable bonds is 6. The number of ether oxygens (including phenoxy) is 1. The molecule has 0 spiro atoms. The Morgan fingerprint density at radius 1 is 1.23 bits per heavy atom. The minimum absolute atomic E-state index is 0.0245. The number of aryl methyl sites for hydroxylation is 1. The summed E-state index contributed by atoms with van der Waals surface area (Å²) >= 11 is 0. The molecule has 2 aromatic rings. The number of aliphatic imine (C=N–C) groups is 2. The second-order valence-electron chi connectivity index (χ2n) is 10.8. The van der Waals surface area contributed by atoms with Gasteiger partial charge in [0.25, 0.3) is 0 Å². The van der Waals surface area contributed by atoms with Crippen molar-refractivity contribution >= 4 is 12.2 Å². The molecule has 12 heteroatoms. The smallest absolute Gasteiger partial charge is 0.433 e. The van der Waals surface area contributed by atoms with Gasteiger partial charge in [-0.15, -0.1) is 0 Å². The van der Waals surface area contributed by atoms with Crippen LogP contribution in [0.3, 0.4) is 0 Å². The third-order valence-corrected chi connectivity index (χ3v) is 8.20. The maximum Gasteiger partial charge on any atom is 0.433 e.